The number of nitrogens with zero attached hydrogens (tertiary/aromatic N) is 1. The number of esters is 2. The van der Waals surface area contributed by atoms with Crippen molar-refractivity contribution in [1.82, 2.24) is 4.98 Å². The lowest BCUT2D eigenvalue weighted by Crippen LogP contribution is -2.38. The Hall–Kier alpha value is -1.95. The third-order valence-electron chi connectivity index (χ3n) is 3.46. The third kappa shape index (κ3) is 8.43. The molecule has 0 fully saturated rings. The Morgan fingerprint density at radius 1 is 1.08 bits per heavy atom. The Morgan fingerprint density at radius 3 is 2.00 bits per heavy atom. The zero-order valence-electron chi connectivity index (χ0n) is 16.6. The second-order valence-corrected chi connectivity index (χ2v) is 8.47. The minimum atomic E-state index is -1.08. The first kappa shape index (κ1) is 22.1. The molecule has 0 aromatic carbocycles. The van der Waals surface area contributed by atoms with Gasteiger partial charge in [-0.15, -0.1) is 0 Å². The highest BCUT2D eigenvalue weighted by Gasteiger charge is 2.36. The number of pyridine rings is 1. The van der Waals surface area contributed by atoms with Crippen LogP contribution in [0.2, 0.25) is 0 Å². The monoisotopic (exact) mass is 365 g/mol. The zero-order valence-corrected chi connectivity index (χ0v) is 16.6. The predicted molar refractivity (Wildman–Crippen MR) is 98.3 cm³/mol. The Morgan fingerprint density at radius 2 is 1.62 bits per heavy atom. The molecule has 0 spiro atoms. The number of carbonyl (C=O) groups is 2. The molecule has 146 valence electrons. The van der Waals surface area contributed by atoms with Crippen molar-refractivity contribution in [1.29, 1.82) is 0 Å². The lowest BCUT2D eigenvalue weighted by atomic mass is 9.90. The average molecular weight is 365 g/mol. The maximum atomic E-state index is 12.6. The Balaban J connectivity index is 2.94. The van der Waals surface area contributed by atoms with Crippen molar-refractivity contribution in [3.05, 3.63) is 30.1 Å². The van der Waals surface area contributed by atoms with E-state index >= 15 is 0 Å². The fraction of sp³-hybridized carbons (Fsp3) is 0.650. The van der Waals surface area contributed by atoms with Crippen LogP contribution < -0.4 is 0 Å². The summed E-state index contributed by atoms with van der Waals surface area (Å²) < 4.78 is 10.8. The van der Waals surface area contributed by atoms with Crippen LogP contribution in [0.5, 0.6) is 0 Å². The standard InChI is InChI=1S/C20H31NO5/c1-19(2,3)25-17(23)16(18(24)26-20(4,5)6)11-15(13-22)10-14-8-7-9-21-12-14/h7-9,12,15-16,22H,10-11,13H2,1-6H3/t15-/m0/s1. The molecule has 0 unspecified atom stereocenters. The molecule has 0 bridgehead atoms. The van der Waals surface area contributed by atoms with Crippen molar-refractivity contribution in [2.75, 3.05) is 6.61 Å². The van der Waals surface area contributed by atoms with Crippen LogP contribution >= 0.6 is 0 Å². The van der Waals surface area contributed by atoms with Crippen LogP contribution in [0, 0.1) is 11.8 Å². The molecule has 0 aliphatic heterocycles. The third-order valence-corrected chi connectivity index (χ3v) is 3.46. The number of hydrogen-bond donors (Lipinski definition) is 1. The van der Waals surface area contributed by atoms with Gasteiger partial charge < -0.3 is 14.6 Å². The summed E-state index contributed by atoms with van der Waals surface area (Å²) in [4.78, 5) is 29.2. The topological polar surface area (TPSA) is 85.7 Å². The van der Waals surface area contributed by atoms with Crippen LogP contribution in [-0.4, -0.2) is 39.8 Å². The molecule has 1 atom stereocenters. The minimum absolute atomic E-state index is 0.148. The van der Waals surface area contributed by atoms with E-state index in [-0.39, 0.29) is 18.9 Å². The molecular formula is C20H31NO5. The van der Waals surface area contributed by atoms with Crippen LogP contribution in [0.1, 0.15) is 53.5 Å². The molecule has 0 saturated heterocycles. The molecule has 0 aliphatic rings. The van der Waals surface area contributed by atoms with E-state index in [0.29, 0.717) is 6.42 Å². The van der Waals surface area contributed by atoms with Gasteiger partial charge in [-0.05, 0) is 71.9 Å². The number of aliphatic hydroxyl groups excluding tert-OH is 1. The van der Waals surface area contributed by atoms with Gasteiger partial charge in [0.2, 0.25) is 0 Å². The second-order valence-electron chi connectivity index (χ2n) is 8.47. The van der Waals surface area contributed by atoms with E-state index in [1.165, 1.54) is 0 Å². The molecule has 0 aliphatic carbocycles. The van der Waals surface area contributed by atoms with Crippen LogP contribution in [0.3, 0.4) is 0 Å². The Kier molecular flexibility index (Phi) is 7.75. The summed E-state index contributed by atoms with van der Waals surface area (Å²) in [6, 6.07) is 3.70. The van der Waals surface area contributed by atoms with E-state index in [4.69, 9.17) is 9.47 Å². The summed E-state index contributed by atoms with van der Waals surface area (Å²) >= 11 is 0. The molecule has 0 amide bonds. The highest BCUT2D eigenvalue weighted by molar-refractivity contribution is 5.95. The number of rotatable bonds is 7. The lowest BCUT2D eigenvalue weighted by molar-refractivity contribution is -0.175. The van der Waals surface area contributed by atoms with Gasteiger partial charge >= 0.3 is 11.9 Å². The van der Waals surface area contributed by atoms with Crippen molar-refractivity contribution >= 4 is 11.9 Å². The summed E-state index contributed by atoms with van der Waals surface area (Å²) in [7, 11) is 0. The van der Waals surface area contributed by atoms with Gasteiger partial charge in [-0.3, -0.25) is 14.6 Å². The normalized spacial score (nSPS) is 13.4. The van der Waals surface area contributed by atoms with E-state index in [1.54, 1.807) is 53.9 Å². The lowest BCUT2D eigenvalue weighted by Gasteiger charge is -2.28. The summed E-state index contributed by atoms with van der Waals surface area (Å²) in [6.45, 7) is 10.3. The smallest absolute Gasteiger partial charge is 0.320 e. The highest BCUT2D eigenvalue weighted by Crippen LogP contribution is 2.24. The van der Waals surface area contributed by atoms with Crippen LogP contribution in [0.15, 0.2) is 24.5 Å². The van der Waals surface area contributed by atoms with Crippen molar-refractivity contribution in [3.63, 3.8) is 0 Å². The van der Waals surface area contributed by atoms with Gasteiger partial charge in [0.15, 0.2) is 5.92 Å². The van der Waals surface area contributed by atoms with Gasteiger partial charge in [0.05, 0.1) is 0 Å². The molecule has 6 heteroatoms. The molecule has 0 radical (unpaired) electrons. The van der Waals surface area contributed by atoms with Crippen LogP contribution in [0.25, 0.3) is 0 Å². The van der Waals surface area contributed by atoms with Crippen molar-refractivity contribution < 1.29 is 24.2 Å². The summed E-state index contributed by atoms with van der Waals surface area (Å²) in [5.41, 5.74) is -0.496. The van der Waals surface area contributed by atoms with E-state index < -0.39 is 29.1 Å². The van der Waals surface area contributed by atoms with Crippen LogP contribution in [0.4, 0.5) is 0 Å². The fourth-order valence-electron chi connectivity index (χ4n) is 2.44. The van der Waals surface area contributed by atoms with Gasteiger partial charge in [0.25, 0.3) is 0 Å². The Labute approximate surface area is 155 Å². The van der Waals surface area contributed by atoms with Gasteiger partial charge in [0, 0.05) is 19.0 Å². The van der Waals surface area contributed by atoms with E-state index in [1.807, 2.05) is 12.1 Å². The second kappa shape index (κ2) is 9.12. The largest absolute Gasteiger partial charge is 0.459 e. The number of hydrogen-bond acceptors (Lipinski definition) is 6. The van der Waals surface area contributed by atoms with E-state index in [2.05, 4.69) is 4.98 Å². The SMILES string of the molecule is CC(C)(C)OC(=O)C(C[C@@H](CO)Cc1cccnc1)C(=O)OC(C)(C)C. The molecule has 6 nitrogen and oxygen atoms in total. The zero-order chi connectivity index (χ0) is 20.0. The quantitative estimate of drug-likeness (QED) is 0.591. The molecule has 1 N–H and O–H groups in total. The first-order chi connectivity index (χ1) is 11.9. The number of aliphatic hydroxyl groups is 1. The molecule has 1 rings (SSSR count). The van der Waals surface area contributed by atoms with Crippen LogP contribution in [-0.2, 0) is 25.5 Å². The molecule has 26 heavy (non-hydrogen) atoms. The van der Waals surface area contributed by atoms with Gasteiger partial charge in [0.1, 0.15) is 11.2 Å². The van der Waals surface area contributed by atoms with Gasteiger partial charge in [-0.25, -0.2) is 0 Å². The molecule has 0 saturated carbocycles. The summed E-state index contributed by atoms with van der Waals surface area (Å²) in [6.07, 6.45) is 4.03. The Bertz CT molecular complexity index is 558. The average Bonchev–Trinajstić information content (AvgIpc) is 2.48. The van der Waals surface area contributed by atoms with Crippen molar-refractivity contribution in [2.45, 2.75) is 65.6 Å². The molecular weight excluding hydrogens is 334 g/mol. The fourth-order valence-corrected chi connectivity index (χ4v) is 2.44. The first-order valence-corrected chi connectivity index (χ1v) is 8.87. The molecule has 1 aromatic rings. The summed E-state index contributed by atoms with van der Waals surface area (Å²) in [5.74, 6) is -2.63. The van der Waals surface area contributed by atoms with Gasteiger partial charge in [-0.2, -0.15) is 0 Å². The molecule has 1 heterocycles. The maximum Gasteiger partial charge on any atom is 0.320 e. The minimum Gasteiger partial charge on any atom is -0.459 e. The first-order valence-electron chi connectivity index (χ1n) is 8.87. The maximum absolute atomic E-state index is 12.6. The summed E-state index contributed by atoms with van der Waals surface area (Å²) in [5, 5.41) is 9.74. The van der Waals surface area contributed by atoms with Crippen molar-refractivity contribution in [2.24, 2.45) is 11.8 Å². The number of aromatic nitrogens is 1. The van der Waals surface area contributed by atoms with Gasteiger partial charge in [-0.1, -0.05) is 6.07 Å². The van der Waals surface area contributed by atoms with E-state index in [9.17, 15) is 14.7 Å². The number of carbonyl (C=O) groups excluding carboxylic acids is 2. The number of ether oxygens (including phenoxy) is 2. The van der Waals surface area contributed by atoms with Crippen molar-refractivity contribution in [3.8, 4) is 0 Å². The highest BCUT2D eigenvalue weighted by atomic mass is 16.6. The predicted octanol–water partition coefficient (Wildman–Crippen LogP) is 2.92. The molecule has 1 aromatic heterocycles. The van der Waals surface area contributed by atoms with E-state index in [0.717, 1.165) is 5.56 Å².